The van der Waals surface area contributed by atoms with E-state index in [0.717, 1.165) is 21.8 Å². The molecule has 0 bridgehead atoms. The van der Waals surface area contributed by atoms with Gasteiger partial charge in [-0.05, 0) is 48.4 Å². The Hall–Kier alpha value is -3.50. The molecule has 3 aromatic rings. The zero-order valence-corrected chi connectivity index (χ0v) is 16.5. The first-order valence-corrected chi connectivity index (χ1v) is 9.74. The second-order valence-electron chi connectivity index (χ2n) is 6.06. The lowest BCUT2D eigenvalue weighted by Gasteiger charge is -2.03. The zero-order valence-electron chi connectivity index (χ0n) is 15.7. The van der Waals surface area contributed by atoms with Crippen LogP contribution in [0.4, 0.5) is 9.52 Å². The standard InChI is InChI=1S/C22H18FN3O2S/c1-2-28-19-9-5-15(6-10-19)11-17(13-24)21(27)26-22-25-14-20(29-22)12-16-3-7-18(23)8-4-16/h3-11,14H,2,12H2,1H3,(H,25,26,27). The minimum atomic E-state index is -0.524. The highest BCUT2D eigenvalue weighted by Gasteiger charge is 2.12. The number of nitrogens with one attached hydrogen (secondary N) is 1. The fourth-order valence-electron chi connectivity index (χ4n) is 2.56. The van der Waals surface area contributed by atoms with E-state index >= 15 is 0 Å². The molecule has 1 aromatic heterocycles. The van der Waals surface area contributed by atoms with Crippen LogP contribution >= 0.6 is 11.3 Å². The van der Waals surface area contributed by atoms with Crippen LogP contribution in [0.15, 0.2) is 60.3 Å². The molecule has 0 aliphatic heterocycles. The van der Waals surface area contributed by atoms with E-state index in [1.165, 1.54) is 29.5 Å². The van der Waals surface area contributed by atoms with Crippen LogP contribution in [0, 0.1) is 17.1 Å². The first-order valence-electron chi connectivity index (χ1n) is 8.92. The summed E-state index contributed by atoms with van der Waals surface area (Å²) in [5.41, 5.74) is 1.64. The topological polar surface area (TPSA) is 75.0 Å². The minimum absolute atomic E-state index is 0.0237. The van der Waals surface area contributed by atoms with Crippen LogP contribution in [0.2, 0.25) is 0 Å². The molecular weight excluding hydrogens is 389 g/mol. The van der Waals surface area contributed by atoms with E-state index in [2.05, 4.69) is 10.3 Å². The summed E-state index contributed by atoms with van der Waals surface area (Å²) in [5.74, 6) is -0.0810. The van der Waals surface area contributed by atoms with Gasteiger partial charge in [-0.3, -0.25) is 10.1 Å². The van der Waals surface area contributed by atoms with Gasteiger partial charge in [0, 0.05) is 17.5 Å². The third-order valence-electron chi connectivity index (χ3n) is 3.93. The van der Waals surface area contributed by atoms with Gasteiger partial charge in [-0.2, -0.15) is 5.26 Å². The molecule has 0 aliphatic carbocycles. The Morgan fingerprint density at radius 3 is 2.62 bits per heavy atom. The van der Waals surface area contributed by atoms with E-state index in [1.54, 1.807) is 42.6 Å². The highest BCUT2D eigenvalue weighted by molar-refractivity contribution is 7.15. The Labute approximate surface area is 172 Å². The molecule has 0 spiro atoms. The molecule has 0 atom stereocenters. The summed E-state index contributed by atoms with van der Waals surface area (Å²) in [6, 6.07) is 15.3. The van der Waals surface area contributed by atoms with Crippen molar-refractivity contribution in [1.29, 1.82) is 5.26 Å². The largest absolute Gasteiger partial charge is 0.494 e. The molecule has 0 aliphatic rings. The summed E-state index contributed by atoms with van der Waals surface area (Å²) < 4.78 is 18.4. The van der Waals surface area contributed by atoms with Crippen LogP contribution in [0.3, 0.4) is 0 Å². The van der Waals surface area contributed by atoms with E-state index in [4.69, 9.17) is 4.74 Å². The number of anilines is 1. The third-order valence-corrected chi connectivity index (χ3v) is 4.85. The summed E-state index contributed by atoms with van der Waals surface area (Å²) >= 11 is 1.31. The quantitative estimate of drug-likeness (QED) is 0.450. The average molecular weight is 407 g/mol. The van der Waals surface area contributed by atoms with Crippen LogP contribution in [-0.4, -0.2) is 17.5 Å². The number of nitrogens with zero attached hydrogens (tertiary/aromatic N) is 2. The number of ether oxygens (including phenoxy) is 1. The summed E-state index contributed by atoms with van der Waals surface area (Å²) in [6.45, 7) is 2.47. The summed E-state index contributed by atoms with van der Waals surface area (Å²) in [4.78, 5) is 17.5. The molecule has 7 heteroatoms. The molecule has 0 saturated carbocycles. The highest BCUT2D eigenvalue weighted by Crippen LogP contribution is 2.22. The number of nitriles is 1. The van der Waals surface area contributed by atoms with E-state index in [0.29, 0.717) is 18.2 Å². The molecule has 146 valence electrons. The Bertz CT molecular complexity index is 1050. The second-order valence-corrected chi connectivity index (χ2v) is 7.18. The number of benzene rings is 2. The van der Waals surface area contributed by atoms with Gasteiger partial charge in [-0.15, -0.1) is 11.3 Å². The molecule has 1 N–H and O–H groups in total. The summed E-state index contributed by atoms with van der Waals surface area (Å²) in [5, 5.41) is 12.4. The number of amides is 1. The van der Waals surface area contributed by atoms with Gasteiger partial charge in [0.05, 0.1) is 6.61 Å². The normalized spacial score (nSPS) is 11.0. The molecule has 0 saturated heterocycles. The number of hydrogen-bond donors (Lipinski definition) is 1. The molecule has 0 fully saturated rings. The maximum Gasteiger partial charge on any atom is 0.268 e. The number of hydrogen-bond acceptors (Lipinski definition) is 5. The summed E-state index contributed by atoms with van der Waals surface area (Å²) in [7, 11) is 0. The van der Waals surface area contributed by atoms with Crippen LogP contribution < -0.4 is 10.1 Å². The Kier molecular flexibility index (Phi) is 6.72. The van der Waals surface area contributed by atoms with Crippen molar-refractivity contribution in [1.82, 2.24) is 4.98 Å². The zero-order chi connectivity index (χ0) is 20.6. The summed E-state index contributed by atoms with van der Waals surface area (Å²) in [6.07, 6.45) is 3.75. The van der Waals surface area contributed by atoms with Gasteiger partial charge in [0.2, 0.25) is 0 Å². The van der Waals surface area contributed by atoms with Crippen LogP contribution in [-0.2, 0) is 11.2 Å². The Balaban J connectivity index is 1.65. The number of rotatable bonds is 7. The second kappa shape index (κ2) is 9.62. The van der Waals surface area contributed by atoms with Crippen LogP contribution in [0.25, 0.3) is 6.08 Å². The van der Waals surface area contributed by atoms with Crippen molar-refractivity contribution in [3.63, 3.8) is 0 Å². The number of halogens is 1. The average Bonchev–Trinajstić information content (AvgIpc) is 3.16. The van der Waals surface area contributed by atoms with Crippen molar-refractivity contribution < 1.29 is 13.9 Å². The van der Waals surface area contributed by atoms with Gasteiger partial charge in [-0.1, -0.05) is 24.3 Å². The number of carbonyl (C=O) groups is 1. The van der Waals surface area contributed by atoms with Gasteiger partial charge in [0.15, 0.2) is 5.13 Å². The monoisotopic (exact) mass is 407 g/mol. The van der Waals surface area contributed by atoms with E-state index < -0.39 is 5.91 Å². The third kappa shape index (κ3) is 5.74. The molecule has 3 rings (SSSR count). The molecule has 0 unspecified atom stereocenters. The molecule has 5 nitrogen and oxygen atoms in total. The van der Waals surface area contributed by atoms with Crippen molar-refractivity contribution in [2.24, 2.45) is 0 Å². The Morgan fingerprint density at radius 2 is 1.97 bits per heavy atom. The van der Waals surface area contributed by atoms with Crippen molar-refractivity contribution in [3.8, 4) is 11.8 Å². The van der Waals surface area contributed by atoms with Gasteiger partial charge in [0.1, 0.15) is 23.2 Å². The maximum atomic E-state index is 13.0. The van der Waals surface area contributed by atoms with Gasteiger partial charge in [-0.25, -0.2) is 9.37 Å². The number of carbonyl (C=O) groups excluding carboxylic acids is 1. The van der Waals surface area contributed by atoms with Crippen LogP contribution in [0.5, 0.6) is 5.75 Å². The van der Waals surface area contributed by atoms with Crippen molar-refractivity contribution in [2.75, 3.05) is 11.9 Å². The minimum Gasteiger partial charge on any atom is -0.494 e. The first-order chi connectivity index (χ1) is 14.1. The fraction of sp³-hybridized carbons (Fsp3) is 0.136. The first kappa shape index (κ1) is 20.2. The van der Waals surface area contributed by atoms with E-state index in [-0.39, 0.29) is 11.4 Å². The molecule has 29 heavy (non-hydrogen) atoms. The maximum absolute atomic E-state index is 13.0. The van der Waals surface area contributed by atoms with Gasteiger partial charge < -0.3 is 4.74 Å². The Morgan fingerprint density at radius 1 is 1.24 bits per heavy atom. The van der Waals surface area contributed by atoms with Gasteiger partial charge >= 0.3 is 0 Å². The SMILES string of the molecule is CCOc1ccc(C=C(C#N)C(=O)Nc2ncc(Cc3ccc(F)cc3)s2)cc1. The van der Waals surface area contributed by atoms with Crippen LogP contribution in [0.1, 0.15) is 22.9 Å². The number of aromatic nitrogens is 1. The van der Waals surface area contributed by atoms with Crippen molar-refractivity contribution in [2.45, 2.75) is 13.3 Å². The fourth-order valence-corrected chi connectivity index (χ4v) is 3.40. The predicted molar refractivity (Wildman–Crippen MR) is 111 cm³/mol. The number of thiazole rings is 1. The molecule has 0 radical (unpaired) electrons. The van der Waals surface area contributed by atoms with E-state index in [1.807, 2.05) is 13.0 Å². The smallest absolute Gasteiger partial charge is 0.268 e. The lowest BCUT2D eigenvalue weighted by Crippen LogP contribution is -2.13. The van der Waals surface area contributed by atoms with Crippen molar-refractivity contribution >= 4 is 28.5 Å². The van der Waals surface area contributed by atoms with Gasteiger partial charge in [0.25, 0.3) is 5.91 Å². The predicted octanol–water partition coefficient (Wildman–Crippen LogP) is 4.82. The molecule has 2 aromatic carbocycles. The van der Waals surface area contributed by atoms with E-state index in [9.17, 15) is 14.4 Å². The van der Waals surface area contributed by atoms with Crippen molar-refractivity contribution in [3.05, 3.63) is 82.1 Å². The highest BCUT2D eigenvalue weighted by atomic mass is 32.1. The lowest BCUT2D eigenvalue weighted by molar-refractivity contribution is -0.112. The molecule has 1 amide bonds. The lowest BCUT2D eigenvalue weighted by atomic mass is 10.1. The molecule has 1 heterocycles. The molecular formula is C22H18FN3O2S.